The zero-order chi connectivity index (χ0) is 9.14. The van der Waals surface area contributed by atoms with E-state index in [0.29, 0.717) is 6.29 Å². The summed E-state index contributed by atoms with van der Waals surface area (Å²) >= 11 is 0. The first-order valence-electron chi connectivity index (χ1n) is 3.21. The van der Waals surface area contributed by atoms with Crippen molar-refractivity contribution >= 4 is 6.29 Å². The van der Waals surface area contributed by atoms with Crippen LogP contribution in [0.4, 0.5) is 4.39 Å². The molecule has 64 valence electrons. The number of ether oxygens (including phenoxy) is 1. The van der Waals surface area contributed by atoms with Crippen LogP contribution in [0.15, 0.2) is 12.1 Å². The van der Waals surface area contributed by atoms with E-state index in [2.05, 4.69) is 0 Å². The fraction of sp³-hybridized carbons (Fsp3) is 0.125. The van der Waals surface area contributed by atoms with Crippen LogP contribution in [-0.2, 0) is 0 Å². The molecule has 0 amide bonds. The van der Waals surface area contributed by atoms with Crippen molar-refractivity contribution in [1.29, 1.82) is 0 Å². The molecule has 0 fully saturated rings. The molecular weight excluding hydrogens is 163 g/mol. The number of hydrogen-bond donors (Lipinski definition) is 1. The Balaban J connectivity index is 3.35. The number of halogens is 1. The van der Waals surface area contributed by atoms with E-state index in [0.717, 1.165) is 6.07 Å². The van der Waals surface area contributed by atoms with Crippen molar-refractivity contribution in [3.63, 3.8) is 0 Å². The summed E-state index contributed by atoms with van der Waals surface area (Å²) in [6, 6.07) is 2.31. The number of benzene rings is 1. The van der Waals surface area contributed by atoms with Gasteiger partial charge in [-0.15, -0.1) is 0 Å². The van der Waals surface area contributed by atoms with Crippen molar-refractivity contribution in [2.75, 3.05) is 7.11 Å². The summed E-state index contributed by atoms with van der Waals surface area (Å²) in [4.78, 5) is 10.4. The summed E-state index contributed by atoms with van der Waals surface area (Å²) in [5.41, 5.74) is -0.169. The van der Waals surface area contributed by atoms with Gasteiger partial charge in [-0.2, -0.15) is 0 Å². The molecule has 1 aromatic carbocycles. The normalized spacial score (nSPS) is 9.50. The number of aromatic hydroxyl groups is 1. The van der Waals surface area contributed by atoms with Crippen LogP contribution in [0.2, 0.25) is 0 Å². The molecule has 4 heteroatoms. The van der Waals surface area contributed by atoms with Gasteiger partial charge in [-0.1, -0.05) is 0 Å². The van der Waals surface area contributed by atoms with Gasteiger partial charge in [0, 0.05) is 0 Å². The number of hydrogen-bond acceptors (Lipinski definition) is 3. The molecule has 0 saturated carbocycles. The van der Waals surface area contributed by atoms with Gasteiger partial charge in [0.1, 0.15) is 11.3 Å². The Hall–Kier alpha value is -1.58. The SMILES string of the molecule is COc1ccc(F)c(O)c1C=O. The maximum Gasteiger partial charge on any atom is 0.165 e. The van der Waals surface area contributed by atoms with Gasteiger partial charge in [0.2, 0.25) is 0 Å². The second-order valence-electron chi connectivity index (χ2n) is 2.13. The van der Waals surface area contributed by atoms with Crippen LogP contribution in [0.3, 0.4) is 0 Å². The Morgan fingerprint density at radius 3 is 2.75 bits per heavy atom. The van der Waals surface area contributed by atoms with Crippen LogP contribution in [0, 0.1) is 5.82 Å². The van der Waals surface area contributed by atoms with Gasteiger partial charge in [-0.05, 0) is 12.1 Å². The lowest BCUT2D eigenvalue weighted by Gasteiger charge is -2.04. The summed E-state index contributed by atoms with van der Waals surface area (Å²) < 4.78 is 17.3. The minimum atomic E-state index is -0.835. The van der Waals surface area contributed by atoms with Gasteiger partial charge in [-0.25, -0.2) is 4.39 Å². The first kappa shape index (κ1) is 8.52. The van der Waals surface area contributed by atoms with Crippen LogP contribution in [0.1, 0.15) is 10.4 Å². The Bertz CT molecular complexity index is 309. The van der Waals surface area contributed by atoms with Gasteiger partial charge in [-0.3, -0.25) is 4.79 Å². The standard InChI is InChI=1S/C8H7FO3/c1-12-7-3-2-6(9)8(11)5(7)4-10/h2-4,11H,1H3. The predicted octanol–water partition coefficient (Wildman–Crippen LogP) is 1.35. The number of aldehydes is 1. The number of methoxy groups -OCH3 is 1. The number of phenols is 1. The fourth-order valence-corrected chi connectivity index (χ4v) is 0.855. The third kappa shape index (κ3) is 1.23. The third-order valence-corrected chi connectivity index (χ3v) is 1.47. The van der Waals surface area contributed by atoms with Crippen molar-refractivity contribution < 1.29 is 19.0 Å². The monoisotopic (exact) mass is 170 g/mol. The average Bonchev–Trinajstić information content (AvgIpc) is 2.09. The summed E-state index contributed by atoms with van der Waals surface area (Å²) in [5.74, 6) is -1.36. The van der Waals surface area contributed by atoms with Crippen molar-refractivity contribution in [1.82, 2.24) is 0 Å². The Labute approximate surface area is 68.4 Å². The second kappa shape index (κ2) is 3.21. The largest absolute Gasteiger partial charge is 0.504 e. The molecule has 3 nitrogen and oxygen atoms in total. The van der Waals surface area contributed by atoms with E-state index < -0.39 is 11.6 Å². The first-order valence-corrected chi connectivity index (χ1v) is 3.21. The molecule has 0 atom stereocenters. The number of rotatable bonds is 2. The van der Waals surface area contributed by atoms with E-state index in [1.54, 1.807) is 0 Å². The summed E-state index contributed by atoms with van der Waals surface area (Å²) in [5, 5.41) is 9.02. The van der Waals surface area contributed by atoms with Crippen LogP contribution in [-0.4, -0.2) is 18.5 Å². The minimum absolute atomic E-state index is 0.156. The molecule has 0 aromatic heterocycles. The highest BCUT2D eigenvalue weighted by molar-refractivity contribution is 5.83. The molecule has 0 spiro atoms. The highest BCUT2D eigenvalue weighted by Gasteiger charge is 2.11. The molecule has 0 radical (unpaired) electrons. The molecule has 0 bridgehead atoms. The van der Waals surface area contributed by atoms with Crippen LogP contribution >= 0.6 is 0 Å². The van der Waals surface area contributed by atoms with E-state index >= 15 is 0 Å². The smallest absolute Gasteiger partial charge is 0.165 e. The number of carbonyl (C=O) groups excluding carboxylic acids is 1. The summed E-state index contributed by atoms with van der Waals surface area (Å²) in [7, 11) is 1.33. The highest BCUT2D eigenvalue weighted by atomic mass is 19.1. The quantitative estimate of drug-likeness (QED) is 0.681. The second-order valence-corrected chi connectivity index (χ2v) is 2.13. The molecule has 1 rings (SSSR count). The molecule has 12 heavy (non-hydrogen) atoms. The fourth-order valence-electron chi connectivity index (χ4n) is 0.855. The van der Waals surface area contributed by atoms with Crippen molar-refractivity contribution in [3.8, 4) is 11.5 Å². The van der Waals surface area contributed by atoms with E-state index in [1.165, 1.54) is 13.2 Å². The maximum absolute atomic E-state index is 12.6. The number of phenolic OH excluding ortho intramolecular Hbond substituents is 1. The zero-order valence-corrected chi connectivity index (χ0v) is 6.37. The molecule has 0 saturated heterocycles. The predicted molar refractivity (Wildman–Crippen MR) is 40.0 cm³/mol. The minimum Gasteiger partial charge on any atom is -0.504 e. The van der Waals surface area contributed by atoms with E-state index in [-0.39, 0.29) is 11.3 Å². The molecular formula is C8H7FO3. The van der Waals surface area contributed by atoms with Gasteiger partial charge in [0.25, 0.3) is 0 Å². The average molecular weight is 170 g/mol. The molecule has 0 aliphatic rings. The van der Waals surface area contributed by atoms with E-state index in [4.69, 9.17) is 9.84 Å². The highest BCUT2D eigenvalue weighted by Crippen LogP contribution is 2.27. The molecule has 0 heterocycles. The van der Waals surface area contributed by atoms with Crippen molar-refractivity contribution in [2.45, 2.75) is 0 Å². The zero-order valence-electron chi connectivity index (χ0n) is 6.37. The molecule has 1 N–H and O–H groups in total. The molecule has 0 aliphatic heterocycles. The Kier molecular flexibility index (Phi) is 2.28. The lowest BCUT2D eigenvalue weighted by molar-refractivity contribution is 0.111. The maximum atomic E-state index is 12.6. The lowest BCUT2D eigenvalue weighted by atomic mass is 10.2. The van der Waals surface area contributed by atoms with E-state index in [1.807, 2.05) is 0 Å². The summed E-state index contributed by atoms with van der Waals surface area (Å²) in [6.45, 7) is 0. The van der Waals surface area contributed by atoms with Gasteiger partial charge < -0.3 is 9.84 Å². The van der Waals surface area contributed by atoms with Gasteiger partial charge in [0.05, 0.1) is 7.11 Å². The van der Waals surface area contributed by atoms with E-state index in [9.17, 15) is 9.18 Å². The Morgan fingerprint density at radius 2 is 2.25 bits per heavy atom. The third-order valence-electron chi connectivity index (χ3n) is 1.47. The van der Waals surface area contributed by atoms with Crippen LogP contribution in [0.25, 0.3) is 0 Å². The molecule has 1 aromatic rings. The van der Waals surface area contributed by atoms with Crippen molar-refractivity contribution in [2.24, 2.45) is 0 Å². The molecule has 0 aliphatic carbocycles. The Morgan fingerprint density at radius 1 is 1.58 bits per heavy atom. The van der Waals surface area contributed by atoms with Crippen LogP contribution in [0.5, 0.6) is 11.5 Å². The van der Waals surface area contributed by atoms with Crippen molar-refractivity contribution in [3.05, 3.63) is 23.5 Å². The first-order chi connectivity index (χ1) is 5.70. The van der Waals surface area contributed by atoms with Crippen LogP contribution < -0.4 is 4.74 Å². The van der Waals surface area contributed by atoms with Gasteiger partial charge >= 0.3 is 0 Å². The lowest BCUT2D eigenvalue weighted by Crippen LogP contribution is -1.92. The molecule has 0 unspecified atom stereocenters. The summed E-state index contributed by atoms with van der Waals surface area (Å²) in [6.07, 6.45) is 0.344. The van der Waals surface area contributed by atoms with Gasteiger partial charge in [0.15, 0.2) is 17.9 Å². The topological polar surface area (TPSA) is 46.5 Å². The number of carbonyl (C=O) groups is 1.